The molecule has 0 aromatic heterocycles. The van der Waals surface area contributed by atoms with Crippen LogP contribution >= 0.6 is 0 Å². The van der Waals surface area contributed by atoms with Crippen LogP contribution in [0.15, 0.2) is 87.5 Å². The zero-order valence-electron chi connectivity index (χ0n) is 29.9. The lowest BCUT2D eigenvalue weighted by Crippen LogP contribution is -2.47. The molecule has 6 fully saturated rings. The number of hydrogen-bond donors (Lipinski definition) is 1. The average Bonchev–Trinajstić information content (AvgIpc) is 3.99. The first-order chi connectivity index (χ1) is 25.4. The zero-order valence-corrected chi connectivity index (χ0v) is 31.5. The van der Waals surface area contributed by atoms with Crippen molar-refractivity contribution < 1.29 is 35.3 Å². The fourth-order valence-corrected chi connectivity index (χ4v) is 15.2. The largest absolute Gasteiger partial charge is 0.431 e. The second-order valence-corrected chi connectivity index (χ2v) is 20.5. The maximum Gasteiger partial charge on any atom is 0.431 e. The number of halogens is 4. The minimum absolute atomic E-state index is 0.120. The minimum Gasteiger partial charge on any atom is -0.376 e. The number of rotatable bonds is 12. The predicted octanol–water partition coefficient (Wildman–Crippen LogP) is 10.9. The Kier molecular flexibility index (Phi) is 9.34. The van der Waals surface area contributed by atoms with Crippen molar-refractivity contribution in [2.24, 2.45) is 47.3 Å². The fraction of sp³-hybridized carbons (Fsp3) is 0.581. The quantitative estimate of drug-likeness (QED) is 0.0862. The summed E-state index contributed by atoms with van der Waals surface area (Å²) >= 11 is 0. The van der Waals surface area contributed by atoms with Crippen LogP contribution in [0.4, 0.5) is 17.6 Å². The number of fused-ring (bicyclic) bond motifs is 10. The Labute approximate surface area is 313 Å². The van der Waals surface area contributed by atoms with E-state index in [4.69, 9.17) is 9.29 Å². The van der Waals surface area contributed by atoms with Crippen LogP contribution in [0, 0.1) is 47.3 Å². The van der Waals surface area contributed by atoms with Gasteiger partial charge in [-0.2, -0.15) is 26.0 Å². The Bertz CT molecular complexity index is 1830. The Balaban J connectivity index is 0.981. The third kappa shape index (κ3) is 6.20. The third-order valence-corrected chi connectivity index (χ3v) is 18.0. The maximum absolute atomic E-state index is 14.2. The van der Waals surface area contributed by atoms with Gasteiger partial charge >= 0.3 is 21.3 Å². The van der Waals surface area contributed by atoms with Crippen molar-refractivity contribution in [1.29, 1.82) is 0 Å². The second-order valence-electron chi connectivity index (χ2n) is 17.1. The molecule has 9 rings (SSSR count). The molecular weight excluding hydrogens is 721 g/mol. The van der Waals surface area contributed by atoms with Gasteiger partial charge in [0, 0.05) is 12.0 Å². The summed E-state index contributed by atoms with van der Waals surface area (Å²) < 4.78 is 92.3. The van der Waals surface area contributed by atoms with Crippen LogP contribution in [0.5, 0.6) is 0 Å². The Morgan fingerprint density at radius 3 is 1.66 bits per heavy atom. The first-order valence-electron chi connectivity index (χ1n) is 19.7. The van der Waals surface area contributed by atoms with Gasteiger partial charge in [0.2, 0.25) is 0 Å². The van der Waals surface area contributed by atoms with Crippen molar-refractivity contribution in [2.75, 3.05) is 6.61 Å². The monoisotopic (exact) mass is 769 g/mol. The molecule has 0 aliphatic heterocycles. The smallest absolute Gasteiger partial charge is 0.376 e. The van der Waals surface area contributed by atoms with E-state index in [1.165, 1.54) is 75.3 Å². The standard InChI is InChI=1S/C43H48F4O4S2/c44-42(45,43(46,47)53(48,49)50)19-20-51-25-28-5-1-2-10-41(28)52(31-15-11-26(12-16-31)37-21-29-23-39(37)35-8-3-6-33(29)35)32-17-13-27(14-18-32)38-22-30-24-40(38)36-9-4-7-34(30)36/h1-2,5,10-18,29-30,33-40H,3-4,6-9,19-25H2/p+1. The van der Waals surface area contributed by atoms with E-state index >= 15 is 0 Å². The molecule has 0 amide bonds. The molecule has 0 radical (unpaired) electrons. The van der Waals surface area contributed by atoms with Crippen LogP contribution in [0.1, 0.15) is 99.2 Å². The summed E-state index contributed by atoms with van der Waals surface area (Å²) in [7, 11) is -6.86. The SMILES string of the molecule is O=S(=O)(O)C(F)(F)C(F)(F)CCOCc1ccccc1[S+](c1ccc(C2CC3CC2C2CCCC32)cc1)c1ccc(C2CC3CC2C2CCCC32)cc1. The van der Waals surface area contributed by atoms with Gasteiger partial charge in [0.15, 0.2) is 14.7 Å². The minimum atomic E-state index is -6.30. The van der Waals surface area contributed by atoms with Gasteiger partial charge in [-0.25, -0.2) is 0 Å². The first kappa shape index (κ1) is 36.3. The van der Waals surface area contributed by atoms with Crippen molar-refractivity contribution in [2.45, 2.75) is 115 Å². The summed E-state index contributed by atoms with van der Waals surface area (Å²) in [5.74, 6) is 3.18. The van der Waals surface area contributed by atoms with Gasteiger partial charge in [0.1, 0.15) is 0 Å². The van der Waals surface area contributed by atoms with E-state index in [9.17, 15) is 26.0 Å². The van der Waals surface area contributed by atoms with Crippen LogP contribution in [0.2, 0.25) is 0 Å². The van der Waals surface area contributed by atoms with E-state index in [0.717, 1.165) is 67.6 Å². The molecule has 3 aromatic rings. The molecule has 6 aliphatic rings. The topological polar surface area (TPSA) is 63.6 Å². The molecule has 53 heavy (non-hydrogen) atoms. The van der Waals surface area contributed by atoms with Crippen molar-refractivity contribution in [1.82, 2.24) is 0 Å². The second kappa shape index (κ2) is 13.7. The molecular formula is C43H49F4O4S2+. The lowest BCUT2D eigenvalue weighted by Gasteiger charge is -2.32. The Hall–Kier alpha value is -2.40. The molecule has 0 heterocycles. The first-order valence-corrected chi connectivity index (χ1v) is 22.4. The molecule has 3 aromatic carbocycles. The number of hydrogen-bond acceptors (Lipinski definition) is 3. The maximum atomic E-state index is 14.2. The van der Waals surface area contributed by atoms with Crippen LogP contribution in [-0.2, 0) is 32.4 Å². The van der Waals surface area contributed by atoms with Gasteiger partial charge in [0.25, 0.3) is 0 Å². The van der Waals surface area contributed by atoms with Crippen LogP contribution < -0.4 is 0 Å². The molecule has 4 bridgehead atoms. The van der Waals surface area contributed by atoms with E-state index in [1.807, 2.05) is 24.3 Å². The highest BCUT2D eigenvalue weighted by atomic mass is 32.2. The lowest BCUT2D eigenvalue weighted by atomic mass is 9.73. The normalized spacial score (nSPS) is 33.8. The number of benzene rings is 3. The summed E-state index contributed by atoms with van der Waals surface area (Å²) in [4.78, 5) is 3.25. The van der Waals surface area contributed by atoms with Gasteiger partial charge in [0.05, 0.1) is 24.1 Å². The summed E-state index contributed by atoms with van der Waals surface area (Å²) in [6.07, 6.45) is 12.1. The fourth-order valence-electron chi connectivity index (χ4n) is 12.5. The summed E-state index contributed by atoms with van der Waals surface area (Å²) in [6, 6.07) is 26.0. The predicted molar refractivity (Wildman–Crippen MR) is 197 cm³/mol. The molecule has 10 heteroatoms. The lowest BCUT2D eigenvalue weighted by molar-refractivity contribution is -0.171. The Morgan fingerprint density at radius 1 is 0.660 bits per heavy atom. The summed E-state index contributed by atoms with van der Waals surface area (Å²) in [5, 5.41) is -5.61. The molecule has 284 valence electrons. The highest BCUT2D eigenvalue weighted by Gasteiger charge is 2.65. The molecule has 1 N–H and O–H groups in total. The average molecular weight is 770 g/mol. The zero-order chi connectivity index (χ0) is 36.7. The molecule has 0 saturated heterocycles. The van der Waals surface area contributed by atoms with Crippen LogP contribution in [0.3, 0.4) is 0 Å². The molecule has 6 aliphatic carbocycles. The van der Waals surface area contributed by atoms with E-state index in [1.54, 1.807) is 0 Å². The molecule has 10 unspecified atom stereocenters. The highest BCUT2D eigenvalue weighted by Crippen LogP contribution is 2.65. The third-order valence-electron chi connectivity index (χ3n) is 14.7. The Morgan fingerprint density at radius 2 is 1.15 bits per heavy atom. The summed E-state index contributed by atoms with van der Waals surface area (Å²) in [6.45, 7) is -0.939. The van der Waals surface area contributed by atoms with Gasteiger partial charge in [-0.3, -0.25) is 4.55 Å². The van der Waals surface area contributed by atoms with Gasteiger partial charge in [-0.05, 0) is 152 Å². The highest BCUT2D eigenvalue weighted by molar-refractivity contribution is 7.97. The molecule has 10 atom stereocenters. The van der Waals surface area contributed by atoms with Crippen molar-refractivity contribution in [3.63, 3.8) is 0 Å². The van der Waals surface area contributed by atoms with Gasteiger partial charge in [-0.1, -0.05) is 55.3 Å². The molecule has 4 nitrogen and oxygen atoms in total. The van der Waals surface area contributed by atoms with Gasteiger partial charge in [-0.15, -0.1) is 0 Å². The van der Waals surface area contributed by atoms with E-state index in [0.29, 0.717) is 11.8 Å². The van der Waals surface area contributed by atoms with E-state index in [2.05, 4.69) is 48.5 Å². The van der Waals surface area contributed by atoms with Crippen LogP contribution in [0.25, 0.3) is 0 Å². The van der Waals surface area contributed by atoms with Gasteiger partial charge < -0.3 is 4.74 Å². The van der Waals surface area contributed by atoms with Crippen molar-refractivity contribution in [3.8, 4) is 0 Å². The van der Waals surface area contributed by atoms with E-state index in [-0.39, 0.29) is 6.61 Å². The number of alkyl halides is 4. The van der Waals surface area contributed by atoms with Crippen molar-refractivity contribution >= 4 is 21.0 Å². The summed E-state index contributed by atoms with van der Waals surface area (Å²) in [5.41, 5.74) is 3.59. The molecule has 6 saturated carbocycles. The number of ether oxygens (including phenoxy) is 1. The van der Waals surface area contributed by atoms with Crippen molar-refractivity contribution in [3.05, 3.63) is 89.5 Å². The molecule has 0 spiro atoms. The van der Waals surface area contributed by atoms with E-state index < -0.39 is 45.2 Å². The van der Waals surface area contributed by atoms with Crippen LogP contribution in [-0.4, -0.2) is 30.8 Å².